The van der Waals surface area contributed by atoms with Crippen LogP contribution in [-0.2, 0) is 0 Å². The summed E-state index contributed by atoms with van der Waals surface area (Å²) in [5, 5.41) is 7.70. The normalized spacial score (nSPS) is 18.0. The van der Waals surface area contributed by atoms with Gasteiger partial charge < -0.3 is 20.3 Å². The van der Waals surface area contributed by atoms with Crippen molar-refractivity contribution in [2.24, 2.45) is 5.92 Å². The van der Waals surface area contributed by atoms with E-state index in [1.807, 2.05) is 68.4 Å². The third kappa shape index (κ3) is 5.53. The number of rotatable bonds is 8. The summed E-state index contributed by atoms with van der Waals surface area (Å²) in [5.41, 5.74) is 1.54. The van der Waals surface area contributed by atoms with Crippen molar-refractivity contribution in [1.82, 2.24) is 15.3 Å². The minimum absolute atomic E-state index is 0.0694. The summed E-state index contributed by atoms with van der Waals surface area (Å²) < 4.78 is 5.59. The van der Waals surface area contributed by atoms with Gasteiger partial charge in [-0.3, -0.25) is 4.79 Å². The maximum absolute atomic E-state index is 12.7. The first-order chi connectivity index (χ1) is 16.0. The second-order valence-corrected chi connectivity index (χ2v) is 8.78. The summed E-state index contributed by atoms with van der Waals surface area (Å²) in [6.45, 7) is 3.15. The number of ether oxygens (including phenoxy) is 1. The minimum Gasteiger partial charge on any atom is -0.493 e. The standard InChI is InChI=1S/C26H33N5O2/c1-4-33-23-12-8-6-10-21(23)25(32)27-17-18-13-15-19(16-14-18)28-26-29-22-11-7-5-9-20(22)24(30-26)31(2)3/h5-12,18-19H,4,13-17H2,1-3H3,(H,27,32)(H,28,29,30). The fourth-order valence-electron chi connectivity index (χ4n) is 4.43. The molecule has 0 saturated heterocycles. The van der Waals surface area contributed by atoms with E-state index in [0.29, 0.717) is 42.4 Å². The van der Waals surface area contributed by atoms with Gasteiger partial charge in [0.05, 0.1) is 17.7 Å². The second kappa shape index (κ2) is 10.5. The number of nitrogens with one attached hydrogen (secondary N) is 2. The molecule has 1 amide bonds. The van der Waals surface area contributed by atoms with Crippen LogP contribution in [-0.4, -0.2) is 49.2 Å². The first-order valence-corrected chi connectivity index (χ1v) is 11.8. The summed E-state index contributed by atoms with van der Waals surface area (Å²) in [6.07, 6.45) is 4.17. The van der Waals surface area contributed by atoms with E-state index in [-0.39, 0.29) is 5.91 Å². The van der Waals surface area contributed by atoms with Gasteiger partial charge in [0.1, 0.15) is 11.6 Å². The van der Waals surface area contributed by atoms with E-state index in [2.05, 4.69) is 16.7 Å². The molecule has 1 aromatic heterocycles. The molecule has 174 valence electrons. The number of nitrogens with zero attached hydrogens (tertiary/aromatic N) is 3. The van der Waals surface area contributed by atoms with Gasteiger partial charge in [-0.05, 0) is 62.8 Å². The van der Waals surface area contributed by atoms with Gasteiger partial charge >= 0.3 is 0 Å². The Morgan fingerprint density at radius 3 is 2.52 bits per heavy atom. The van der Waals surface area contributed by atoms with Crippen molar-refractivity contribution >= 4 is 28.6 Å². The van der Waals surface area contributed by atoms with Crippen molar-refractivity contribution in [3.8, 4) is 5.75 Å². The lowest BCUT2D eigenvalue weighted by Gasteiger charge is -2.29. The van der Waals surface area contributed by atoms with E-state index in [0.717, 1.165) is 42.4 Å². The molecule has 1 heterocycles. The van der Waals surface area contributed by atoms with Gasteiger partial charge in [-0.1, -0.05) is 24.3 Å². The molecule has 0 spiro atoms. The maximum Gasteiger partial charge on any atom is 0.255 e. The predicted octanol–water partition coefficient (Wildman–Crippen LogP) is 4.50. The van der Waals surface area contributed by atoms with Crippen molar-refractivity contribution in [3.05, 3.63) is 54.1 Å². The largest absolute Gasteiger partial charge is 0.493 e. The van der Waals surface area contributed by atoms with Gasteiger partial charge in [-0.25, -0.2) is 4.98 Å². The van der Waals surface area contributed by atoms with E-state index in [9.17, 15) is 4.79 Å². The molecule has 1 aliphatic carbocycles. The lowest BCUT2D eigenvalue weighted by molar-refractivity contribution is 0.0939. The molecule has 2 N–H and O–H groups in total. The molecule has 1 saturated carbocycles. The Balaban J connectivity index is 1.31. The topological polar surface area (TPSA) is 79.4 Å². The molecular weight excluding hydrogens is 414 g/mol. The molecule has 3 aromatic rings. The molecule has 0 unspecified atom stereocenters. The van der Waals surface area contributed by atoms with Crippen molar-refractivity contribution in [2.45, 2.75) is 38.6 Å². The van der Waals surface area contributed by atoms with Crippen LogP contribution in [0.15, 0.2) is 48.5 Å². The van der Waals surface area contributed by atoms with E-state index in [1.54, 1.807) is 0 Å². The summed E-state index contributed by atoms with van der Waals surface area (Å²) in [5.74, 6) is 2.65. The smallest absolute Gasteiger partial charge is 0.255 e. The fourth-order valence-corrected chi connectivity index (χ4v) is 4.43. The van der Waals surface area contributed by atoms with Crippen molar-refractivity contribution in [3.63, 3.8) is 0 Å². The van der Waals surface area contributed by atoms with E-state index in [1.165, 1.54) is 0 Å². The molecule has 7 heteroatoms. The highest BCUT2D eigenvalue weighted by atomic mass is 16.5. The van der Waals surface area contributed by atoms with Crippen LogP contribution in [0.1, 0.15) is 43.0 Å². The fraction of sp³-hybridized carbons (Fsp3) is 0.423. The van der Waals surface area contributed by atoms with E-state index >= 15 is 0 Å². The molecule has 1 fully saturated rings. The van der Waals surface area contributed by atoms with Gasteiger partial charge in [0, 0.05) is 32.1 Å². The SMILES string of the molecule is CCOc1ccccc1C(=O)NCC1CCC(Nc2nc(N(C)C)c3ccccc3n2)CC1. The number of amides is 1. The zero-order valence-electron chi connectivity index (χ0n) is 19.7. The second-order valence-electron chi connectivity index (χ2n) is 8.78. The van der Waals surface area contributed by atoms with Crippen LogP contribution in [0.25, 0.3) is 10.9 Å². The summed E-state index contributed by atoms with van der Waals surface area (Å²) >= 11 is 0. The number of hydrogen-bond donors (Lipinski definition) is 2. The lowest BCUT2D eigenvalue weighted by atomic mass is 9.86. The van der Waals surface area contributed by atoms with Crippen LogP contribution in [0.5, 0.6) is 5.75 Å². The molecule has 0 radical (unpaired) electrons. The van der Waals surface area contributed by atoms with Crippen LogP contribution in [0.4, 0.5) is 11.8 Å². The number of carbonyl (C=O) groups is 1. The number of fused-ring (bicyclic) bond motifs is 1. The van der Waals surface area contributed by atoms with Crippen molar-refractivity contribution in [2.75, 3.05) is 37.5 Å². The summed E-state index contributed by atoms with van der Waals surface area (Å²) in [7, 11) is 4.01. The molecule has 1 aliphatic rings. The Morgan fingerprint density at radius 1 is 1.03 bits per heavy atom. The number of anilines is 2. The Labute approximate surface area is 195 Å². The highest BCUT2D eigenvalue weighted by Crippen LogP contribution is 2.28. The average Bonchev–Trinajstić information content (AvgIpc) is 2.83. The Morgan fingerprint density at radius 2 is 1.76 bits per heavy atom. The third-order valence-electron chi connectivity index (χ3n) is 6.17. The third-order valence-corrected chi connectivity index (χ3v) is 6.17. The van der Waals surface area contributed by atoms with Gasteiger partial charge in [0.25, 0.3) is 5.91 Å². The molecule has 0 aliphatic heterocycles. The number of hydrogen-bond acceptors (Lipinski definition) is 6. The summed E-state index contributed by atoms with van der Waals surface area (Å²) in [4.78, 5) is 24.2. The Hall–Kier alpha value is -3.35. The molecular formula is C26H33N5O2. The predicted molar refractivity (Wildman–Crippen MR) is 133 cm³/mol. The number of aromatic nitrogens is 2. The van der Waals surface area contributed by atoms with Gasteiger partial charge in [0.2, 0.25) is 5.95 Å². The zero-order chi connectivity index (χ0) is 23.2. The number of carbonyl (C=O) groups excluding carboxylic acids is 1. The zero-order valence-corrected chi connectivity index (χ0v) is 19.7. The number of benzene rings is 2. The van der Waals surface area contributed by atoms with Crippen LogP contribution in [0.3, 0.4) is 0 Å². The van der Waals surface area contributed by atoms with Gasteiger partial charge in [0.15, 0.2) is 0 Å². The molecule has 0 bridgehead atoms. The highest BCUT2D eigenvalue weighted by molar-refractivity contribution is 5.96. The Bertz CT molecular complexity index is 1090. The maximum atomic E-state index is 12.7. The van der Waals surface area contributed by atoms with Crippen LogP contribution in [0, 0.1) is 5.92 Å². The monoisotopic (exact) mass is 447 g/mol. The van der Waals surface area contributed by atoms with Crippen LogP contribution < -0.4 is 20.3 Å². The molecule has 2 aromatic carbocycles. The van der Waals surface area contributed by atoms with E-state index < -0.39 is 0 Å². The molecule has 7 nitrogen and oxygen atoms in total. The molecule has 4 rings (SSSR count). The average molecular weight is 448 g/mol. The quantitative estimate of drug-likeness (QED) is 0.530. The van der Waals surface area contributed by atoms with Crippen LogP contribution in [0.2, 0.25) is 0 Å². The van der Waals surface area contributed by atoms with Crippen molar-refractivity contribution in [1.29, 1.82) is 0 Å². The summed E-state index contributed by atoms with van der Waals surface area (Å²) in [6, 6.07) is 15.8. The van der Waals surface area contributed by atoms with Crippen molar-refractivity contribution < 1.29 is 9.53 Å². The van der Waals surface area contributed by atoms with Gasteiger partial charge in [-0.15, -0.1) is 0 Å². The Kier molecular flexibility index (Phi) is 7.27. The first kappa shape index (κ1) is 22.8. The molecule has 0 atom stereocenters. The van der Waals surface area contributed by atoms with Gasteiger partial charge in [-0.2, -0.15) is 4.98 Å². The van der Waals surface area contributed by atoms with E-state index in [4.69, 9.17) is 14.7 Å². The first-order valence-electron chi connectivity index (χ1n) is 11.8. The minimum atomic E-state index is -0.0694. The molecule has 33 heavy (non-hydrogen) atoms. The number of para-hydroxylation sites is 2. The lowest BCUT2D eigenvalue weighted by Crippen LogP contribution is -2.34. The highest BCUT2D eigenvalue weighted by Gasteiger charge is 2.23. The van der Waals surface area contributed by atoms with Crippen LogP contribution >= 0.6 is 0 Å².